The van der Waals surface area contributed by atoms with Gasteiger partial charge in [0, 0.05) is 44.2 Å². The SMILES string of the molecule is CC(=O)NC1CCN(C(=O)C[C@@]2(COc3cc(C)c(Cl)c(C)c3)CN(CCC(C)(C)C)CCO2)CC1. The maximum absolute atomic E-state index is 13.5. The third-order valence-corrected chi connectivity index (χ3v) is 7.74. The Morgan fingerprint density at radius 1 is 1.17 bits per heavy atom. The predicted octanol–water partition coefficient (Wildman–Crippen LogP) is 4.36. The van der Waals surface area contributed by atoms with Crippen LogP contribution in [0, 0.1) is 19.3 Å². The standard InChI is InChI=1S/C28H44ClN3O4/c1-20-15-24(16-21(2)26(20)29)35-19-28(18-31(13-14-36-28)12-9-27(4,5)6)17-25(34)32-10-7-23(8-11-32)30-22(3)33/h15-16,23H,7-14,17-19H2,1-6H3,(H,30,33)/t28-/m0/s1. The number of nitrogens with one attached hydrogen (secondary N) is 1. The summed E-state index contributed by atoms with van der Waals surface area (Å²) in [5.74, 6) is 0.809. The summed E-state index contributed by atoms with van der Waals surface area (Å²) in [6, 6.07) is 4.02. The monoisotopic (exact) mass is 521 g/mol. The maximum atomic E-state index is 13.5. The Morgan fingerprint density at radius 2 is 1.81 bits per heavy atom. The van der Waals surface area contributed by atoms with Gasteiger partial charge in [-0.2, -0.15) is 0 Å². The van der Waals surface area contributed by atoms with Crippen molar-refractivity contribution in [2.45, 2.75) is 78.9 Å². The first-order valence-corrected chi connectivity index (χ1v) is 13.5. The lowest BCUT2D eigenvalue weighted by Gasteiger charge is -2.44. The molecule has 0 bridgehead atoms. The van der Waals surface area contributed by atoms with E-state index in [1.807, 2.05) is 30.9 Å². The molecule has 2 aliphatic heterocycles. The molecule has 202 valence electrons. The molecule has 36 heavy (non-hydrogen) atoms. The van der Waals surface area contributed by atoms with Crippen LogP contribution in [0.3, 0.4) is 0 Å². The van der Waals surface area contributed by atoms with Crippen LogP contribution in [0.2, 0.25) is 5.02 Å². The second kappa shape index (κ2) is 12.1. The fraction of sp³-hybridized carbons (Fsp3) is 0.714. The van der Waals surface area contributed by atoms with E-state index in [1.165, 1.54) is 6.92 Å². The molecule has 0 spiro atoms. The van der Waals surface area contributed by atoms with Gasteiger partial charge in [0.1, 0.15) is 18.0 Å². The molecule has 0 unspecified atom stereocenters. The molecule has 1 atom stereocenters. The number of amides is 2. The number of halogens is 1. The largest absolute Gasteiger partial charge is 0.490 e. The maximum Gasteiger partial charge on any atom is 0.225 e. The van der Waals surface area contributed by atoms with Crippen molar-refractivity contribution < 1.29 is 19.1 Å². The summed E-state index contributed by atoms with van der Waals surface area (Å²) < 4.78 is 12.7. The lowest BCUT2D eigenvalue weighted by Crippen LogP contribution is -2.58. The van der Waals surface area contributed by atoms with Crippen molar-refractivity contribution in [2.24, 2.45) is 5.41 Å². The van der Waals surface area contributed by atoms with Gasteiger partial charge >= 0.3 is 0 Å². The first-order valence-electron chi connectivity index (χ1n) is 13.2. The minimum absolute atomic E-state index is 0.0190. The van der Waals surface area contributed by atoms with E-state index in [0.717, 1.165) is 54.3 Å². The number of morpholine rings is 1. The number of benzene rings is 1. The molecule has 1 aromatic rings. The summed E-state index contributed by atoms with van der Waals surface area (Å²) in [5, 5.41) is 3.72. The Hall–Kier alpha value is -1.83. The fourth-order valence-electron chi connectivity index (χ4n) is 5.01. The quantitative estimate of drug-likeness (QED) is 0.550. The van der Waals surface area contributed by atoms with Crippen molar-refractivity contribution in [3.8, 4) is 5.75 Å². The molecule has 0 aromatic heterocycles. The molecule has 2 saturated heterocycles. The van der Waals surface area contributed by atoms with E-state index in [4.69, 9.17) is 21.1 Å². The summed E-state index contributed by atoms with van der Waals surface area (Å²) in [4.78, 5) is 29.2. The Balaban J connectivity index is 1.71. The molecule has 1 N–H and O–H groups in total. The molecule has 8 heteroatoms. The highest BCUT2D eigenvalue weighted by molar-refractivity contribution is 6.32. The molecular weight excluding hydrogens is 478 g/mol. The van der Waals surface area contributed by atoms with E-state index in [9.17, 15) is 9.59 Å². The van der Waals surface area contributed by atoms with E-state index >= 15 is 0 Å². The minimum atomic E-state index is -0.719. The number of likely N-dealkylation sites (tertiary alicyclic amines) is 1. The molecule has 3 rings (SSSR count). The van der Waals surface area contributed by atoms with Crippen molar-refractivity contribution in [1.29, 1.82) is 0 Å². The van der Waals surface area contributed by atoms with Crippen molar-refractivity contribution in [3.05, 3.63) is 28.3 Å². The van der Waals surface area contributed by atoms with Crippen LogP contribution < -0.4 is 10.1 Å². The molecule has 0 saturated carbocycles. The molecule has 2 fully saturated rings. The Kier molecular flexibility index (Phi) is 9.69. The van der Waals surface area contributed by atoms with E-state index < -0.39 is 5.60 Å². The van der Waals surface area contributed by atoms with E-state index in [-0.39, 0.29) is 29.7 Å². The fourth-order valence-corrected chi connectivity index (χ4v) is 5.11. The summed E-state index contributed by atoms with van der Waals surface area (Å²) in [5.41, 5.74) is 1.46. The average Bonchev–Trinajstić information content (AvgIpc) is 2.80. The van der Waals surface area contributed by atoms with Gasteiger partial charge in [0.25, 0.3) is 0 Å². The van der Waals surface area contributed by atoms with E-state index in [1.54, 1.807) is 0 Å². The zero-order valence-electron chi connectivity index (χ0n) is 22.9. The molecule has 2 amide bonds. The lowest BCUT2D eigenvalue weighted by atomic mass is 9.91. The topological polar surface area (TPSA) is 71.1 Å². The second-order valence-corrected chi connectivity index (χ2v) is 12.2. The molecular formula is C28H44ClN3O4. The highest BCUT2D eigenvalue weighted by atomic mass is 35.5. The van der Waals surface area contributed by atoms with Crippen LogP contribution >= 0.6 is 11.6 Å². The van der Waals surface area contributed by atoms with Gasteiger partial charge < -0.3 is 19.7 Å². The molecule has 2 aliphatic rings. The van der Waals surface area contributed by atoms with Gasteiger partial charge in [-0.25, -0.2) is 0 Å². The number of rotatable bonds is 8. The van der Waals surface area contributed by atoms with Crippen molar-refractivity contribution in [2.75, 3.05) is 45.9 Å². The normalized spacial score (nSPS) is 21.9. The number of ether oxygens (including phenoxy) is 2. The Labute approximate surface area is 221 Å². The smallest absolute Gasteiger partial charge is 0.225 e. The van der Waals surface area contributed by atoms with Crippen LogP contribution in [0.25, 0.3) is 0 Å². The Morgan fingerprint density at radius 3 is 2.39 bits per heavy atom. The minimum Gasteiger partial charge on any atom is -0.490 e. The van der Waals surface area contributed by atoms with Gasteiger partial charge in [-0.3, -0.25) is 14.5 Å². The predicted molar refractivity (Wildman–Crippen MR) is 144 cm³/mol. The number of carbonyl (C=O) groups is 2. The summed E-state index contributed by atoms with van der Waals surface area (Å²) in [6.45, 7) is 16.9. The zero-order valence-corrected chi connectivity index (χ0v) is 23.7. The molecule has 0 radical (unpaired) electrons. The first kappa shape index (κ1) is 28.7. The van der Waals surface area contributed by atoms with Crippen LogP contribution in [0.5, 0.6) is 5.75 Å². The molecule has 2 heterocycles. The number of hydrogen-bond donors (Lipinski definition) is 1. The van der Waals surface area contributed by atoms with Crippen LogP contribution in [0.4, 0.5) is 0 Å². The third-order valence-electron chi connectivity index (χ3n) is 7.15. The van der Waals surface area contributed by atoms with E-state index in [2.05, 4.69) is 31.0 Å². The number of nitrogens with zero attached hydrogens (tertiary/aromatic N) is 2. The van der Waals surface area contributed by atoms with Gasteiger partial charge in [-0.1, -0.05) is 32.4 Å². The van der Waals surface area contributed by atoms with Crippen molar-refractivity contribution >= 4 is 23.4 Å². The number of piperidine rings is 1. The highest BCUT2D eigenvalue weighted by Gasteiger charge is 2.41. The summed E-state index contributed by atoms with van der Waals surface area (Å²) in [7, 11) is 0. The lowest BCUT2D eigenvalue weighted by molar-refractivity contribution is -0.157. The third kappa shape index (κ3) is 8.35. The molecule has 0 aliphatic carbocycles. The van der Waals surface area contributed by atoms with Gasteiger partial charge in [0.05, 0.1) is 13.0 Å². The number of carbonyl (C=O) groups excluding carboxylic acids is 2. The highest BCUT2D eigenvalue weighted by Crippen LogP contribution is 2.30. The van der Waals surface area contributed by atoms with Crippen LogP contribution in [0.1, 0.15) is 64.5 Å². The Bertz CT molecular complexity index is 901. The summed E-state index contributed by atoms with van der Waals surface area (Å²) in [6.07, 6.45) is 2.90. The average molecular weight is 522 g/mol. The number of hydrogen-bond acceptors (Lipinski definition) is 5. The van der Waals surface area contributed by atoms with Gasteiger partial charge in [0.15, 0.2) is 0 Å². The van der Waals surface area contributed by atoms with Crippen molar-refractivity contribution in [1.82, 2.24) is 15.1 Å². The summed E-state index contributed by atoms with van der Waals surface area (Å²) >= 11 is 6.35. The van der Waals surface area contributed by atoms with Gasteiger partial charge in [0.2, 0.25) is 11.8 Å². The number of aryl methyl sites for hydroxylation is 2. The van der Waals surface area contributed by atoms with E-state index in [0.29, 0.717) is 32.8 Å². The zero-order chi connectivity index (χ0) is 26.5. The molecule has 1 aromatic carbocycles. The van der Waals surface area contributed by atoms with Crippen LogP contribution in [-0.2, 0) is 14.3 Å². The van der Waals surface area contributed by atoms with Gasteiger partial charge in [-0.05, 0) is 68.3 Å². The van der Waals surface area contributed by atoms with Crippen LogP contribution in [0.15, 0.2) is 12.1 Å². The van der Waals surface area contributed by atoms with Crippen molar-refractivity contribution in [3.63, 3.8) is 0 Å². The molecule has 7 nitrogen and oxygen atoms in total. The first-order chi connectivity index (χ1) is 16.9. The second-order valence-electron chi connectivity index (χ2n) is 11.8. The van der Waals surface area contributed by atoms with Gasteiger partial charge in [-0.15, -0.1) is 0 Å². The van der Waals surface area contributed by atoms with Crippen LogP contribution in [-0.4, -0.2) is 79.2 Å².